The Balaban J connectivity index is 2.21. The summed E-state index contributed by atoms with van der Waals surface area (Å²) in [6, 6.07) is 0.619. The highest BCUT2D eigenvalue weighted by atomic mass is 15.2. The summed E-state index contributed by atoms with van der Waals surface area (Å²) in [4.78, 5) is 4.53. The van der Waals surface area contributed by atoms with Crippen molar-refractivity contribution in [1.29, 1.82) is 0 Å². The van der Waals surface area contributed by atoms with Crippen molar-refractivity contribution in [1.82, 2.24) is 9.55 Å². The Morgan fingerprint density at radius 2 is 2.44 bits per heavy atom. The Bertz CT molecular complexity index is 367. The minimum absolute atomic E-state index is 0.619. The Kier molecular flexibility index (Phi) is 3.32. The molecule has 1 fully saturated rings. The number of imidazole rings is 1. The van der Waals surface area contributed by atoms with E-state index < -0.39 is 0 Å². The van der Waals surface area contributed by atoms with E-state index in [1.807, 2.05) is 6.08 Å². The molecule has 0 radical (unpaired) electrons. The zero-order valence-corrected chi connectivity index (χ0v) is 10.2. The highest BCUT2D eigenvalue weighted by molar-refractivity contribution is 5.30. The molecule has 1 aliphatic rings. The predicted octanol–water partition coefficient (Wildman–Crippen LogP) is 3.15. The average molecular weight is 219 g/mol. The maximum Gasteiger partial charge on any atom is 0.203 e. The zero-order chi connectivity index (χ0) is 11.5. The second-order valence-corrected chi connectivity index (χ2v) is 4.76. The van der Waals surface area contributed by atoms with Gasteiger partial charge < -0.3 is 9.88 Å². The highest BCUT2D eigenvalue weighted by Gasteiger charge is 2.26. The Labute approximate surface area is 97.6 Å². The van der Waals surface area contributed by atoms with Gasteiger partial charge in [0.1, 0.15) is 0 Å². The molecule has 0 aromatic carbocycles. The lowest BCUT2D eigenvalue weighted by molar-refractivity contribution is 0.411. The van der Waals surface area contributed by atoms with Crippen LogP contribution in [0.4, 0.5) is 5.95 Å². The molecule has 3 nitrogen and oxygen atoms in total. The van der Waals surface area contributed by atoms with Crippen LogP contribution in [0, 0.1) is 12.8 Å². The predicted molar refractivity (Wildman–Crippen MR) is 67.7 cm³/mol. The molecule has 3 heteroatoms. The van der Waals surface area contributed by atoms with Crippen LogP contribution in [0.2, 0.25) is 0 Å². The smallest absolute Gasteiger partial charge is 0.203 e. The van der Waals surface area contributed by atoms with Crippen LogP contribution in [0.25, 0.3) is 0 Å². The van der Waals surface area contributed by atoms with Gasteiger partial charge in [0.15, 0.2) is 0 Å². The Morgan fingerprint density at radius 3 is 3.06 bits per heavy atom. The molecule has 2 rings (SSSR count). The minimum Gasteiger partial charge on any atom is -0.352 e. The molecular formula is C13H21N3. The zero-order valence-electron chi connectivity index (χ0n) is 10.2. The van der Waals surface area contributed by atoms with Gasteiger partial charge in [0.05, 0.1) is 5.69 Å². The second-order valence-electron chi connectivity index (χ2n) is 4.76. The quantitative estimate of drug-likeness (QED) is 0.788. The number of nitrogens with one attached hydrogen (secondary N) is 1. The van der Waals surface area contributed by atoms with Crippen molar-refractivity contribution in [3.05, 3.63) is 24.5 Å². The van der Waals surface area contributed by atoms with Gasteiger partial charge in [-0.2, -0.15) is 0 Å². The molecule has 1 aromatic rings. The van der Waals surface area contributed by atoms with Gasteiger partial charge in [-0.1, -0.05) is 19.4 Å². The van der Waals surface area contributed by atoms with Crippen LogP contribution < -0.4 is 5.32 Å². The largest absolute Gasteiger partial charge is 0.352 e. The summed E-state index contributed by atoms with van der Waals surface area (Å²) in [5, 5.41) is 3.32. The number of aromatic nitrogens is 2. The molecule has 0 spiro atoms. The minimum atomic E-state index is 0.619. The van der Waals surface area contributed by atoms with Crippen LogP contribution in [0.1, 0.15) is 37.9 Å². The first-order chi connectivity index (χ1) is 7.72. The maximum atomic E-state index is 4.53. The number of anilines is 1. The third-order valence-electron chi connectivity index (χ3n) is 3.43. The van der Waals surface area contributed by atoms with Crippen LogP contribution in [0.15, 0.2) is 18.9 Å². The van der Waals surface area contributed by atoms with Gasteiger partial charge in [-0.3, -0.25) is 0 Å². The molecule has 0 bridgehead atoms. The first kappa shape index (κ1) is 11.2. The summed E-state index contributed by atoms with van der Waals surface area (Å²) >= 11 is 0. The van der Waals surface area contributed by atoms with Gasteiger partial charge in [0, 0.05) is 18.8 Å². The Morgan fingerprint density at radius 1 is 1.62 bits per heavy atom. The fourth-order valence-corrected chi connectivity index (χ4v) is 2.60. The lowest BCUT2D eigenvalue weighted by atomic mass is 10.1. The molecule has 2 unspecified atom stereocenters. The fraction of sp³-hybridized carbons (Fsp3) is 0.615. The molecule has 0 amide bonds. The summed E-state index contributed by atoms with van der Waals surface area (Å²) in [5.74, 6) is 1.76. The Hall–Kier alpha value is -1.25. The van der Waals surface area contributed by atoms with Crippen LogP contribution in [-0.4, -0.2) is 16.1 Å². The van der Waals surface area contributed by atoms with Crippen molar-refractivity contribution in [2.75, 3.05) is 11.9 Å². The van der Waals surface area contributed by atoms with Crippen LogP contribution in [-0.2, 0) is 0 Å². The molecule has 0 saturated heterocycles. The van der Waals surface area contributed by atoms with Crippen molar-refractivity contribution >= 4 is 5.95 Å². The number of rotatable bonds is 4. The molecule has 1 saturated carbocycles. The topological polar surface area (TPSA) is 29.9 Å². The van der Waals surface area contributed by atoms with E-state index >= 15 is 0 Å². The van der Waals surface area contributed by atoms with E-state index in [-0.39, 0.29) is 0 Å². The molecular weight excluding hydrogens is 198 g/mol. The molecule has 1 N–H and O–H groups in total. The first-order valence-electron chi connectivity index (χ1n) is 6.12. The van der Waals surface area contributed by atoms with Crippen molar-refractivity contribution in [3.8, 4) is 0 Å². The fourth-order valence-electron chi connectivity index (χ4n) is 2.60. The van der Waals surface area contributed by atoms with Gasteiger partial charge in [-0.25, -0.2) is 4.98 Å². The van der Waals surface area contributed by atoms with Gasteiger partial charge in [0.2, 0.25) is 5.95 Å². The monoisotopic (exact) mass is 219 g/mol. The van der Waals surface area contributed by atoms with Crippen molar-refractivity contribution < 1.29 is 0 Å². The third-order valence-corrected chi connectivity index (χ3v) is 3.43. The maximum absolute atomic E-state index is 4.53. The van der Waals surface area contributed by atoms with E-state index in [0.717, 1.165) is 24.1 Å². The van der Waals surface area contributed by atoms with Gasteiger partial charge in [-0.15, -0.1) is 6.58 Å². The summed E-state index contributed by atoms with van der Waals surface area (Å²) < 4.78 is 2.32. The van der Waals surface area contributed by atoms with Crippen LogP contribution >= 0.6 is 0 Å². The summed E-state index contributed by atoms with van der Waals surface area (Å²) in [7, 11) is 0. The number of hydrogen-bond acceptors (Lipinski definition) is 2. The van der Waals surface area contributed by atoms with E-state index in [9.17, 15) is 0 Å². The first-order valence-corrected chi connectivity index (χ1v) is 6.12. The number of aryl methyl sites for hydroxylation is 1. The summed E-state index contributed by atoms with van der Waals surface area (Å²) in [5.41, 5.74) is 1.09. The van der Waals surface area contributed by atoms with E-state index in [1.165, 1.54) is 19.3 Å². The average Bonchev–Trinajstić information content (AvgIpc) is 2.81. The SMILES string of the molecule is C=CCNc1nc(C)cn1C1CCCC1C. The molecule has 1 heterocycles. The lowest BCUT2D eigenvalue weighted by Gasteiger charge is -2.19. The molecule has 2 atom stereocenters. The van der Waals surface area contributed by atoms with Crippen LogP contribution in [0.5, 0.6) is 0 Å². The normalized spacial score (nSPS) is 24.6. The van der Waals surface area contributed by atoms with E-state index in [2.05, 4.69) is 41.5 Å². The summed E-state index contributed by atoms with van der Waals surface area (Å²) in [6.45, 7) is 8.89. The second kappa shape index (κ2) is 4.73. The molecule has 1 aromatic heterocycles. The van der Waals surface area contributed by atoms with Gasteiger partial charge in [0.25, 0.3) is 0 Å². The molecule has 1 aliphatic carbocycles. The van der Waals surface area contributed by atoms with Crippen molar-refractivity contribution in [3.63, 3.8) is 0 Å². The standard InChI is InChI=1S/C13H21N3/c1-4-8-14-13-15-11(3)9-16(13)12-7-5-6-10(12)2/h4,9-10,12H,1,5-8H2,2-3H3,(H,14,15). The number of hydrogen-bond donors (Lipinski definition) is 1. The third kappa shape index (κ3) is 2.13. The van der Waals surface area contributed by atoms with Crippen molar-refractivity contribution in [2.24, 2.45) is 5.92 Å². The summed E-state index contributed by atoms with van der Waals surface area (Å²) in [6.07, 6.45) is 7.98. The van der Waals surface area contributed by atoms with Gasteiger partial charge >= 0.3 is 0 Å². The highest BCUT2D eigenvalue weighted by Crippen LogP contribution is 2.37. The van der Waals surface area contributed by atoms with Crippen LogP contribution in [0.3, 0.4) is 0 Å². The number of nitrogens with zero attached hydrogens (tertiary/aromatic N) is 2. The van der Waals surface area contributed by atoms with Crippen molar-refractivity contribution in [2.45, 2.75) is 39.2 Å². The molecule has 0 aliphatic heterocycles. The molecule has 16 heavy (non-hydrogen) atoms. The molecule has 88 valence electrons. The van der Waals surface area contributed by atoms with E-state index in [1.54, 1.807) is 0 Å². The lowest BCUT2D eigenvalue weighted by Crippen LogP contribution is -2.14. The van der Waals surface area contributed by atoms with E-state index in [0.29, 0.717) is 6.04 Å². The van der Waals surface area contributed by atoms with E-state index in [4.69, 9.17) is 0 Å². The van der Waals surface area contributed by atoms with Gasteiger partial charge in [-0.05, 0) is 25.7 Å².